The van der Waals surface area contributed by atoms with Crippen molar-refractivity contribution >= 4 is 25.7 Å². The second kappa shape index (κ2) is 43.7. The first kappa shape index (κ1) is 60.8. The molecule has 0 aromatic heterocycles. The molecule has 0 fully saturated rings. The standard InChI is InChI=1S/C50H86NO12P/c1-3-5-7-8-9-10-11-12-13-14-15-16-17-18-19-20-21-25-33-39-48(54)60-41-46(42-61-64(58,59)62-43-47(51)50(56)57)63-49(55)40-34-26-23-22-24-30-36-45(53)38-32-28-27-31-37-44(52)35-29-6-4-2/h6,23-24,26-32,37-38,44-47,52-53H,3-5,7-22,25,33-36,39-43,51H2,1-2H3,(H,56,57)(H,58,59)/b26-23-,28-27-,29-6-,30-24-,37-31+,38-32+/t44-,45+,46+,47-/m0/s1. The Labute approximate surface area is 385 Å². The molecule has 13 nitrogen and oxygen atoms in total. The maximum absolute atomic E-state index is 12.6. The topological polar surface area (TPSA) is 212 Å². The van der Waals surface area contributed by atoms with E-state index in [4.69, 9.17) is 24.8 Å². The zero-order valence-corrected chi connectivity index (χ0v) is 40.2. The first-order valence-corrected chi connectivity index (χ1v) is 25.7. The number of aliphatic hydroxyl groups is 2. The van der Waals surface area contributed by atoms with Crippen LogP contribution < -0.4 is 5.73 Å². The fourth-order valence-electron chi connectivity index (χ4n) is 6.33. The minimum absolute atomic E-state index is 0.0220. The monoisotopic (exact) mass is 924 g/mol. The van der Waals surface area contributed by atoms with Crippen LogP contribution in [0.2, 0.25) is 0 Å². The summed E-state index contributed by atoms with van der Waals surface area (Å²) in [7, 11) is -4.77. The molecule has 0 aliphatic carbocycles. The molecule has 0 rings (SSSR count). The summed E-state index contributed by atoms with van der Waals surface area (Å²) in [4.78, 5) is 46.1. The molecule has 0 heterocycles. The normalized spacial score (nSPS) is 15.2. The van der Waals surface area contributed by atoms with Gasteiger partial charge in [-0.1, -0.05) is 202 Å². The van der Waals surface area contributed by atoms with Gasteiger partial charge in [0.05, 0.1) is 25.4 Å². The van der Waals surface area contributed by atoms with Crippen LogP contribution in [-0.4, -0.2) is 82.3 Å². The molecule has 6 N–H and O–H groups in total. The number of hydrogen-bond acceptors (Lipinski definition) is 11. The molecule has 0 aromatic rings. The number of carbonyl (C=O) groups is 3. The molecule has 0 saturated heterocycles. The number of esters is 2. The van der Waals surface area contributed by atoms with Gasteiger partial charge in [-0.3, -0.25) is 23.4 Å². The Kier molecular flexibility index (Phi) is 41.6. The number of unbranched alkanes of at least 4 members (excludes halogenated alkanes) is 18. The molecule has 1 unspecified atom stereocenters. The molecule has 0 aliphatic rings. The third-order valence-electron chi connectivity index (χ3n) is 10.1. The number of phosphoric acid groups is 1. The molecular formula is C50H86NO12P. The largest absolute Gasteiger partial charge is 0.480 e. The molecule has 368 valence electrons. The van der Waals surface area contributed by atoms with Crippen LogP contribution in [0.5, 0.6) is 0 Å². The van der Waals surface area contributed by atoms with Crippen molar-refractivity contribution in [3.05, 3.63) is 72.9 Å². The minimum Gasteiger partial charge on any atom is -0.480 e. The molecule has 0 bridgehead atoms. The lowest BCUT2D eigenvalue weighted by molar-refractivity contribution is -0.161. The molecule has 0 aromatic carbocycles. The van der Waals surface area contributed by atoms with E-state index < -0.39 is 69.9 Å². The van der Waals surface area contributed by atoms with Crippen molar-refractivity contribution in [2.45, 2.75) is 205 Å². The van der Waals surface area contributed by atoms with Crippen molar-refractivity contribution in [3.63, 3.8) is 0 Å². The number of carboxylic acid groups (broad SMARTS) is 1. The minimum atomic E-state index is -4.77. The van der Waals surface area contributed by atoms with Crippen LogP contribution in [0.3, 0.4) is 0 Å². The summed E-state index contributed by atoms with van der Waals surface area (Å²) < 4.78 is 32.6. The lowest BCUT2D eigenvalue weighted by atomic mass is 10.0. The number of hydrogen-bond donors (Lipinski definition) is 5. The second-order valence-corrected chi connectivity index (χ2v) is 17.7. The van der Waals surface area contributed by atoms with E-state index in [2.05, 4.69) is 11.4 Å². The molecule has 0 spiro atoms. The maximum atomic E-state index is 12.6. The number of ether oxygens (including phenoxy) is 2. The first-order valence-electron chi connectivity index (χ1n) is 24.2. The van der Waals surface area contributed by atoms with Crippen LogP contribution in [-0.2, 0) is 37.5 Å². The van der Waals surface area contributed by atoms with Gasteiger partial charge in [-0.05, 0) is 38.5 Å². The van der Waals surface area contributed by atoms with E-state index in [1.807, 2.05) is 37.3 Å². The molecule has 0 saturated carbocycles. The van der Waals surface area contributed by atoms with Crippen molar-refractivity contribution in [3.8, 4) is 0 Å². The van der Waals surface area contributed by atoms with Gasteiger partial charge >= 0.3 is 25.7 Å². The van der Waals surface area contributed by atoms with Crippen molar-refractivity contribution in [1.82, 2.24) is 0 Å². The summed E-state index contributed by atoms with van der Waals surface area (Å²) >= 11 is 0. The highest BCUT2D eigenvalue weighted by Crippen LogP contribution is 2.43. The van der Waals surface area contributed by atoms with E-state index in [9.17, 15) is 34.1 Å². The molecule has 64 heavy (non-hydrogen) atoms. The fourth-order valence-corrected chi connectivity index (χ4v) is 7.10. The van der Waals surface area contributed by atoms with Crippen molar-refractivity contribution in [2.75, 3.05) is 19.8 Å². The van der Waals surface area contributed by atoms with Crippen molar-refractivity contribution < 1.29 is 57.7 Å². The Morgan fingerprint density at radius 1 is 0.578 bits per heavy atom. The van der Waals surface area contributed by atoms with Crippen molar-refractivity contribution in [1.29, 1.82) is 0 Å². The molecule has 0 aliphatic heterocycles. The highest BCUT2D eigenvalue weighted by Gasteiger charge is 2.28. The lowest BCUT2D eigenvalue weighted by Crippen LogP contribution is -2.34. The summed E-state index contributed by atoms with van der Waals surface area (Å²) in [6.45, 7) is 2.45. The fraction of sp³-hybridized carbons (Fsp3) is 0.700. The summed E-state index contributed by atoms with van der Waals surface area (Å²) in [5, 5.41) is 28.9. The number of aliphatic carboxylic acids is 1. The second-order valence-electron chi connectivity index (χ2n) is 16.3. The number of phosphoric ester groups is 1. The summed E-state index contributed by atoms with van der Waals surface area (Å²) in [5.74, 6) is -2.57. The van der Waals surface area contributed by atoms with E-state index in [1.54, 1.807) is 42.5 Å². The SMILES string of the molecule is CC/C=C\C[C@H](O)/C=C/C=C\C=C\[C@H](O)C/C=C\C/C=C\CCC(=O)O[C@H](COC(=O)CCCCCCCCCCCCCCCCCCCCC)COP(=O)(O)OC[C@H](N)C(=O)O. The smallest absolute Gasteiger partial charge is 0.472 e. The van der Waals surface area contributed by atoms with E-state index >= 15 is 0 Å². The Balaban J connectivity index is 4.50. The van der Waals surface area contributed by atoms with Crippen LogP contribution in [0, 0.1) is 0 Å². The van der Waals surface area contributed by atoms with E-state index in [-0.39, 0.29) is 12.8 Å². The number of carboxylic acids is 1. The summed E-state index contributed by atoms with van der Waals surface area (Å²) in [6.07, 6.45) is 46.1. The number of rotatable bonds is 44. The van der Waals surface area contributed by atoms with Gasteiger partial charge < -0.3 is 35.4 Å². The number of allylic oxidation sites excluding steroid dienone is 8. The van der Waals surface area contributed by atoms with Gasteiger partial charge in [0.25, 0.3) is 0 Å². The number of carbonyl (C=O) groups excluding carboxylic acids is 2. The molecule has 5 atom stereocenters. The first-order chi connectivity index (χ1) is 30.9. The predicted molar refractivity (Wildman–Crippen MR) is 256 cm³/mol. The van der Waals surface area contributed by atoms with Crippen molar-refractivity contribution in [2.24, 2.45) is 5.73 Å². The molecule has 14 heteroatoms. The summed E-state index contributed by atoms with van der Waals surface area (Å²) in [6, 6.07) is -1.55. The average Bonchev–Trinajstić information content (AvgIpc) is 3.26. The van der Waals surface area contributed by atoms with Gasteiger partial charge in [0.2, 0.25) is 0 Å². The van der Waals surface area contributed by atoms with Gasteiger partial charge in [0, 0.05) is 12.8 Å². The van der Waals surface area contributed by atoms with E-state index in [0.717, 1.165) is 25.7 Å². The Bertz CT molecular complexity index is 1390. The Hall–Kier alpha value is -3.16. The van der Waals surface area contributed by atoms with Gasteiger partial charge in [0.1, 0.15) is 12.6 Å². The summed E-state index contributed by atoms with van der Waals surface area (Å²) in [5.41, 5.74) is 5.33. The van der Waals surface area contributed by atoms with E-state index in [0.29, 0.717) is 32.1 Å². The zero-order valence-electron chi connectivity index (χ0n) is 39.3. The average molecular weight is 924 g/mol. The number of nitrogens with two attached hydrogens (primary N) is 1. The van der Waals surface area contributed by atoms with Crippen LogP contribution in [0.15, 0.2) is 72.9 Å². The van der Waals surface area contributed by atoms with Gasteiger partial charge in [-0.15, -0.1) is 0 Å². The van der Waals surface area contributed by atoms with Crippen LogP contribution in [0.25, 0.3) is 0 Å². The third-order valence-corrected chi connectivity index (χ3v) is 11.1. The molecular weight excluding hydrogens is 838 g/mol. The maximum Gasteiger partial charge on any atom is 0.472 e. The van der Waals surface area contributed by atoms with E-state index in [1.165, 1.54) is 96.3 Å². The quantitative estimate of drug-likeness (QED) is 0.0127. The van der Waals surface area contributed by atoms with Crippen LogP contribution in [0.4, 0.5) is 0 Å². The van der Waals surface area contributed by atoms with Crippen LogP contribution >= 0.6 is 7.82 Å². The highest BCUT2D eigenvalue weighted by atomic mass is 31.2. The van der Waals surface area contributed by atoms with Gasteiger partial charge in [0.15, 0.2) is 6.10 Å². The van der Waals surface area contributed by atoms with Crippen LogP contribution in [0.1, 0.15) is 181 Å². The predicted octanol–water partition coefficient (Wildman–Crippen LogP) is 11.2. The van der Waals surface area contributed by atoms with Gasteiger partial charge in [-0.25, -0.2) is 4.57 Å². The lowest BCUT2D eigenvalue weighted by Gasteiger charge is -2.20. The highest BCUT2D eigenvalue weighted by molar-refractivity contribution is 7.47. The third kappa shape index (κ3) is 42.8. The zero-order chi connectivity index (χ0) is 47.4. The Morgan fingerprint density at radius 2 is 1.05 bits per heavy atom. The molecule has 0 amide bonds. The number of aliphatic hydroxyl groups excluding tert-OH is 2. The molecule has 0 radical (unpaired) electrons. The Morgan fingerprint density at radius 3 is 1.55 bits per heavy atom. The van der Waals surface area contributed by atoms with Gasteiger partial charge in [-0.2, -0.15) is 0 Å².